The van der Waals surface area contributed by atoms with E-state index in [1.807, 2.05) is 0 Å². The van der Waals surface area contributed by atoms with Crippen LogP contribution in [0.25, 0.3) is 0 Å². The van der Waals surface area contributed by atoms with Gasteiger partial charge < -0.3 is 20.8 Å². The summed E-state index contributed by atoms with van der Waals surface area (Å²) in [5.41, 5.74) is 2.95. The van der Waals surface area contributed by atoms with Crippen molar-refractivity contribution in [3.8, 4) is 24.7 Å². The van der Waals surface area contributed by atoms with E-state index in [0.717, 1.165) is 23.7 Å². The number of carbonyl (C=O) groups excluding carboxylic acids is 2. The van der Waals surface area contributed by atoms with Gasteiger partial charge in [-0.15, -0.1) is 12.8 Å². The first-order valence-corrected chi connectivity index (χ1v) is 10.2. The van der Waals surface area contributed by atoms with Gasteiger partial charge in [-0.3, -0.25) is 19.2 Å². The zero-order valence-corrected chi connectivity index (χ0v) is 18.9. The highest BCUT2D eigenvalue weighted by Crippen LogP contribution is 2.35. The SMILES string of the molecule is C#Cc1ccc(NC(=O)C2CCC2C(=O)O)cc1.C#Cc1ccc(NC(C)=O)cc1.CC(=O)O. The third-order valence-electron chi connectivity index (χ3n) is 4.62. The van der Waals surface area contributed by atoms with Gasteiger partial charge in [-0.1, -0.05) is 11.8 Å². The van der Waals surface area contributed by atoms with Crippen LogP contribution < -0.4 is 10.6 Å². The van der Waals surface area contributed by atoms with Gasteiger partial charge >= 0.3 is 5.97 Å². The number of benzene rings is 2. The van der Waals surface area contributed by atoms with Crippen LogP contribution in [0.1, 0.15) is 37.8 Å². The maximum atomic E-state index is 11.8. The summed E-state index contributed by atoms with van der Waals surface area (Å²) in [6, 6.07) is 14.0. The van der Waals surface area contributed by atoms with E-state index >= 15 is 0 Å². The van der Waals surface area contributed by atoms with Crippen LogP contribution in [0, 0.1) is 36.5 Å². The van der Waals surface area contributed by atoms with Crippen LogP contribution in [0.2, 0.25) is 0 Å². The summed E-state index contributed by atoms with van der Waals surface area (Å²) in [5, 5.41) is 21.7. The van der Waals surface area contributed by atoms with Gasteiger partial charge in [-0.25, -0.2) is 0 Å². The molecule has 8 heteroatoms. The number of carbonyl (C=O) groups is 4. The summed E-state index contributed by atoms with van der Waals surface area (Å²) in [5.74, 6) is 1.96. The number of aliphatic carboxylic acids is 2. The fourth-order valence-electron chi connectivity index (χ4n) is 2.85. The van der Waals surface area contributed by atoms with Gasteiger partial charge in [-0.05, 0) is 61.4 Å². The molecule has 1 aliphatic rings. The Kier molecular flexibility index (Phi) is 11.1. The molecule has 2 amide bonds. The first kappa shape index (κ1) is 27.5. The quantitative estimate of drug-likeness (QED) is 0.515. The van der Waals surface area contributed by atoms with Crippen LogP contribution in [-0.2, 0) is 19.2 Å². The summed E-state index contributed by atoms with van der Waals surface area (Å²) in [6.45, 7) is 2.55. The lowest BCUT2D eigenvalue weighted by Crippen LogP contribution is -2.41. The Morgan fingerprint density at radius 3 is 1.44 bits per heavy atom. The highest BCUT2D eigenvalue weighted by Gasteiger charge is 2.41. The molecule has 34 heavy (non-hydrogen) atoms. The van der Waals surface area contributed by atoms with Crippen molar-refractivity contribution < 1.29 is 29.4 Å². The molecular weight excluding hydrogens is 436 g/mol. The summed E-state index contributed by atoms with van der Waals surface area (Å²) in [6.07, 6.45) is 11.6. The third kappa shape index (κ3) is 9.71. The minimum absolute atomic E-state index is 0.0801. The van der Waals surface area contributed by atoms with Crippen molar-refractivity contribution in [2.75, 3.05) is 10.6 Å². The second-order valence-electron chi connectivity index (χ2n) is 7.26. The molecule has 0 aromatic heterocycles. The number of rotatable bonds is 4. The van der Waals surface area contributed by atoms with Crippen molar-refractivity contribution in [3.05, 3.63) is 59.7 Å². The van der Waals surface area contributed by atoms with Gasteiger partial charge in [0.15, 0.2) is 0 Å². The number of carboxylic acids is 2. The first-order chi connectivity index (χ1) is 16.1. The molecule has 0 radical (unpaired) electrons. The molecule has 1 fully saturated rings. The molecule has 1 aliphatic carbocycles. The van der Waals surface area contributed by atoms with Gasteiger partial charge in [-0.2, -0.15) is 0 Å². The number of terminal acetylenes is 2. The van der Waals surface area contributed by atoms with Gasteiger partial charge in [0.25, 0.3) is 5.97 Å². The van der Waals surface area contributed by atoms with Gasteiger partial charge in [0, 0.05) is 36.3 Å². The van der Waals surface area contributed by atoms with Crippen LogP contribution in [0.15, 0.2) is 48.5 Å². The molecule has 2 unspecified atom stereocenters. The van der Waals surface area contributed by atoms with E-state index in [9.17, 15) is 14.4 Å². The predicted molar refractivity (Wildman–Crippen MR) is 129 cm³/mol. The van der Waals surface area contributed by atoms with Gasteiger partial charge in [0.2, 0.25) is 11.8 Å². The molecular formula is C26H26N2O6. The fraction of sp³-hybridized carbons (Fsp3) is 0.231. The molecule has 0 spiro atoms. The summed E-state index contributed by atoms with van der Waals surface area (Å²) in [7, 11) is 0. The molecule has 0 heterocycles. The highest BCUT2D eigenvalue weighted by atomic mass is 16.4. The molecule has 0 saturated heterocycles. The van der Waals surface area contributed by atoms with E-state index in [4.69, 9.17) is 27.9 Å². The Labute approximate surface area is 198 Å². The maximum absolute atomic E-state index is 11.8. The first-order valence-electron chi connectivity index (χ1n) is 10.2. The van der Waals surface area contributed by atoms with Crippen molar-refractivity contribution >= 4 is 35.1 Å². The standard InChI is InChI=1S/C14H13NO3.C10H9NO.C2H4O2/c1-2-9-3-5-10(6-4-9)15-13(16)11-7-8-12(11)14(17)18;1-3-9-4-6-10(7-5-9)11-8(2)12;1-2(3)4/h1,3-6,11-12H,7-8H2,(H,15,16)(H,17,18);1,4-7H,2H3,(H,11,12);1H3,(H,3,4). The van der Waals surface area contributed by atoms with Crippen molar-refractivity contribution in [1.82, 2.24) is 0 Å². The number of anilines is 2. The van der Waals surface area contributed by atoms with E-state index in [-0.39, 0.29) is 11.8 Å². The second kappa shape index (κ2) is 13.8. The Morgan fingerprint density at radius 1 is 0.765 bits per heavy atom. The average Bonchev–Trinajstić information content (AvgIpc) is 2.73. The molecule has 2 atom stereocenters. The lowest BCUT2D eigenvalue weighted by Gasteiger charge is -2.31. The van der Waals surface area contributed by atoms with E-state index in [0.29, 0.717) is 18.5 Å². The smallest absolute Gasteiger partial charge is 0.307 e. The highest BCUT2D eigenvalue weighted by molar-refractivity contribution is 5.96. The number of hydrogen-bond acceptors (Lipinski definition) is 4. The Hall–Kier alpha value is -4.56. The monoisotopic (exact) mass is 462 g/mol. The summed E-state index contributed by atoms with van der Waals surface area (Å²) < 4.78 is 0. The van der Waals surface area contributed by atoms with Crippen molar-refractivity contribution in [2.24, 2.45) is 11.8 Å². The maximum Gasteiger partial charge on any atom is 0.307 e. The molecule has 1 saturated carbocycles. The molecule has 2 aromatic rings. The Morgan fingerprint density at radius 2 is 1.15 bits per heavy atom. The van der Waals surface area contributed by atoms with Crippen LogP contribution in [0.4, 0.5) is 11.4 Å². The van der Waals surface area contributed by atoms with E-state index < -0.39 is 23.8 Å². The molecule has 3 rings (SSSR count). The van der Waals surface area contributed by atoms with E-state index in [1.54, 1.807) is 48.5 Å². The van der Waals surface area contributed by atoms with Gasteiger partial charge in [0.05, 0.1) is 11.8 Å². The Bertz CT molecular complexity index is 1090. The zero-order valence-electron chi connectivity index (χ0n) is 18.9. The van der Waals surface area contributed by atoms with Crippen molar-refractivity contribution in [3.63, 3.8) is 0 Å². The number of hydrogen-bond donors (Lipinski definition) is 4. The van der Waals surface area contributed by atoms with Gasteiger partial charge in [0.1, 0.15) is 0 Å². The molecule has 176 valence electrons. The molecule has 0 aliphatic heterocycles. The van der Waals surface area contributed by atoms with Crippen LogP contribution in [-0.4, -0.2) is 34.0 Å². The van der Waals surface area contributed by atoms with Crippen LogP contribution in [0.5, 0.6) is 0 Å². The molecule has 0 bridgehead atoms. The largest absolute Gasteiger partial charge is 0.481 e. The minimum atomic E-state index is -0.899. The van der Waals surface area contributed by atoms with Crippen LogP contribution in [0.3, 0.4) is 0 Å². The summed E-state index contributed by atoms with van der Waals surface area (Å²) in [4.78, 5) is 42.3. The lowest BCUT2D eigenvalue weighted by atomic mass is 9.73. The number of carboxylic acid groups (broad SMARTS) is 2. The predicted octanol–water partition coefficient (Wildman–Crippen LogP) is 3.43. The van der Waals surface area contributed by atoms with Crippen LogP contribution >= 0.6 is 0 Å². The normalized spacial score (nSPS) is 15.2. The fourth-order valence-corrected chi connectivity index (χ4v) is 2.85. The molecule has 2 aromatic carbocycles. The number of amides is 2. The van der Waals surface area contributed by atoms with E-state index in [1.165, 1.54) is 6.92 Å². The van der Waals surface area contributed by atoms with Crippen molar-refractivity contribution in [1.29, 1.82) is 0 Å². The molecule has 8 nitrogen and oxygen atoms in total. The minimum Gasteiger partial charge on any atom is -0.481 e. The average molecular weight is 463 g/mol. The third-order valence-corrected chi connectivity index (χ3v) is 4.62. The molecule has 4 N–H and O–H groups in total. The second-order valence-corrected chi connectivity index (χ2v) is 7.26. The Balaban J connectivity index is 0.000000312. The van der Waals surface area contributed by atoms with Crippen molar-refractivity contribution in [2.45, 2.75) is 26.7 Å². The number of nitrogens with one attached hydrogen (secondary N) is 2. The zero-order chi connectivity index (χ0) is 25.7. The lowest BCUT2D eigenvalue weighted by molar-refractivity contribution is -0.151. The van der Waals surface area contributed by atoms with E-state index in [2.05, 4.69) is 22.5 Å². The topological polar surface area (TPSA) is 133 Å². The summed E-state index contributed by atoms with van der Waals surface area (Å²) >= 11 is 0.